The van der Waals surface area contributed by atoms with E-state index in [1.54, 1.807) is 51.8 Å². The van der Waals surface area contributed by atoms with Gasteiger partial charge < -0.3 is 15.0 Å². The van der Waals surface area contributed by atoms with Gasteiger partial charge in [-0.3, -0.25) is 9.69 Å². The van der Waals surface area contributed by atoms with Gasteiger partial charge in [0.2, 0.25) is 5.91 Å². The summed E-state index contributed by atoms with van der Waals surface area (Å²) in [6, 6.07) is 25.3. The van der Waals surface area contributed by atoms with E-state index >= 15 is 0 Å². The second kappa shape index (κ2) is 17.3. The summed E-state index contributed by atoms with van der Waals surface area (Å²) in [5.41, 5.74) is 4.55. The molecular formula is C39H45N5O3S2. The number of para-hydroxylation sites is 1. The van der Waals surface area contributed by atoms with Crippen molar-refractivity contribution in [2.45, 2.75) is 59.7 Å². The summed E-state index contributed by atoms with van der Waals surface area (Å²) >= 11 is 3.33. The molecule has 0 saturated heterocycles. The average molecular weight is 696 g/mol. The fourth-order valence-electron chi connectivity index (χ4n) is 5.54. The minimum Gasteiger partial charge on any atom is -0.410 e. The third-order valence-corrected chi connectivity index (χ3v) is 10.1. The molecule has 2 aromatic heterocycles. The Bertz CT molecular complexity index is 1790. The minimum absolute atomic E-state index is 0.125. The summed E-state index contributed by atoms with van der Waals surface area (Å²) in [5.74, 6) is 0.151. The number of rotatable bonds is 15. The number of ether oxygens (including phenoxy) is 1. The first-order chi connectivity index (χ1) is 23.7. The number of carbonyl (C=O) groups excluding carboxylic acids is 2. The fraction of sp³-hybridized carbons (Fsp3) is 0.333. The lowest BCUT2D eigenvalue weighted by Gasteiger charge is -2.29. The van der Waals surface area contributed by atoms with Crippen molar-refractivity contribution in [3.05, 3.63) is 101 Å². The van der Waals surface area contributed by atoms with Crippen molar-refractivity contribution >= 4 is 34.7 Å². The summed E-state index contributed by atoms with van der Waals surface area (Å²) < 4.78 is 5.40. The third-order valence-electron chi connectivity index (χ3n) is 8.08. The van der Waals surface area contributed by atoms with Crippen molar-refractivity contribution in [2.75, 3.05) is 20.1 Å². The van der Waals surface area contributed by atoms with Crippen LogP contribution in [0.15, 0.2) is 91.3 Å². The van der Waals surface area contributed by atoms with Crippen LogP contribution in [0, 0.1) is 5.92 Å². The molecule has 0 aliphatic carbocycles. The minimum atomic E-state index is -0.721. The highest BCUT2D eigenvalue weighted by molar-refractivity contribution is 7.15. The molecule has 3 aromatic carbocycles. The number of amides is 2. The van der Waals surface area contributed by atoms with E-state index in [0.717, 1.165) is 57.5 Å². The highest BCUT2D eigenvalue weighted by Gasteiger charge is 2.29. The number of nitrogens with zero attached hydrogens (tertiary/aromatic N) is 4. The van der Waals surface area contributed by atoms with E-state index in [2.05, 4.69) is 82.7 Å². The lowest BCUT2D eigenvalue weighted by atomic mass is 10.0. The van der Waals surface area contributed by atoms with Gasteiger partial charge in [-0.05, 0) is 66.7 Å². The molecule has 1 N–H and O–H groups in total. The standard InChI is InChI=1S/C39H45N5O3S2/c1-6-21-43(5)25-35-40-23-33(48-35)30-17-13-28(14-18-30)29-15-19-31(20-16-29)34-24-41-36(49-34)26-44(22-7-2)38(45)37(27(3)4)42-39(46)47-32-11-9-8-10-12-32/h8-20,23-24,27,37H,6-7,21-22,25-26H2,1-5H3,(H,42,46)/t37-/m0/s1. The number of hydrogen-bond acceptors (Lipinski definition) is 8. The zero-order chi connectivity index (χ0) is 34.8. The molecule has 0 fully saturated rings. The normalized spacial score (nSPS) is 11.9. The Morgan fingerprint density at radius 2 is 1.24 bits per heavy atom. The molecule has 1 atom stereocenters. The van der Waals surface area contributed by atoms with E-state index in [9.17, 15) is 9.59 Å². The van der Waals surface area contributed by atoms with Crippen LogP contribution in [0.5, 0.6) is 5.75 Å². The molecule has 0 spiro atoms. The predicted octanol–water partition coefficient (Wildman–Crippen LogP) is 8.99. The van der Waals surface area contributed by atoms with Crippen molar-refractivity contribution < 1.29 is 14.3 Å². The van der Waals surface area contributed by atoms with E-state index < -0.39 is 12.1 Å². The highest BCUT2D eigenvalue weighted by atomic mass is 32.1. The van der Waals surface area contributed by atoms with E-state index in [0.29, 0.717) is 18.8 Å². The van der Waals surface area contributed by atoms with Gasteiger partial charge in [-0.2, -0.15) is 0 Å². The average Bonchev–Trinajstić information content (AvgIpc) is 3.77. The number of benzene rings is 3. The number of hydrogen-bond donors (Lipinski definition) is 1. The van der Waals surface area contributed by atoms with Crippen LogP contribution in [0.3, 0.4) is 0 Å². The molecule has 0 radical (unpaired) electrons. The van der Waals surface area contributed by atoms with Crippen LogP contribution in [-0.4, -0.2) is 57.9 Å². The molecule has 5 aromatic rings. The Morgan fingerprint density at radius 1 is 0.735 bits per heavy atom. The summed E-state index contributed by atoms with van der Waals surface area (Å²) in [6.45, 7) is 10.9. The molecule has 0 bridgehead atoms. The SMILES string of the molecule is CCCN(C)Cc1ncc(-c2ccc(-c3ccc(-c4cnc(CN(CCC)C(=O)[C@@H](NC(=O)Oc5ccccc5)C(C)C)s4)cc3)cc2)s1. The van der Waals surface area contributed by atoms with Gasteiger partial charge in [0.05, 0.1) is 22.8 Å². The Labute approximate surface area is 297 Å². The van der Waals surface area contributed by atoms with Gasteiger partial charge >= 0.3 is 6.09 Å². The van der Waals surface area contributed by atoms with Crippen molar-refractivity contribution in [3.63, 3.8) is 0 Å². The van der Waals surface area contributed by atoms with E-state index in [1.807, 2.05) is 39.2 Å². The van der Waals surface area contributed by atoms with Crippen molar-refractivity contribution in [1.82, 2.24) is 25.1 Å². The summed E-state index contributed by atoms with van der Waals surface area (Å²) in [7, 11) is 2.14. The van der Waals surface area contributed by atoms with Gasteiger partial charge in [-0.1, -0.05) is 94.4 Å². The molecule has 2 amide bonds. The van der Waals surface area contributed by atoms with Gasteiger partial charge in [0.1, 0.15) is 21.8 Å². The number of thiazole rings is 2. The first kappa shape index (κ1) is 35.9. The third kappa shape index (κ3) is 9.84. The molecular weight excluding hydrogens is 651 g/mol. The van der Waals surface area contributed by atoms with Gasteiger partial charge in [0, 0.05) is 18.9 Å². The summed E-state index contributed by atoms with van der Waals surface area (Å²) in [4.78, 5) is 42.0. The van der Waals surface area contributed by atoms with Crippen LogP contribution in [0.1, 0.15) is 50.6 Å². The highest BCUT2D eigenvalue weighted by Crippen LogP contribution is 2.32. The maximum absolute atomic E-state index is 13.7. The Kier molecular flexibility index (Phi) is 12.7. The lowest BCUT2D eigenvalue weighted by molar-refractivity contribution is -0.135. The molecule has 8 nitrogen and oxygen atoms in total. The summed E-state index contributed by atoms with van der Waals surface area (Å²) in [6.07, 6.45) is 5.13. The van der Waals surface area contributed by atoms with E-state index in [4.69, 9.17) is 4.74 Å². The molecule has 256 valence electrons. The van der Waals surface area contributed by atoms with Gasteiger partial charge in [-0.15, -0.1) is 22.7 Å². The molecule has 0 saturated carbocycles. The molecule has 0 aliphatic rings. The molecule has 2 heterocycles. The number of aromatic nitrogens is 2. The van der Waals surface area contributed by atoms with Crippen LogP contribution in [0.4, 0.5) is 4.79 Å². The Balaban J connectivity index is 1.21. The van der Waals surface area contributed by atoms with Crippen molar-refractivity contribution in [3.8, 4) is 37.8 Å². The topological polar surface area (TPSA) is 87.7 Å². The molecule has 49 heavy (non-hydrogen) atoms. The first-order valence-corrected chi connectivity index (χ1v) is 18.5. The molecule has 10 heteroatoms. The molecule has 0 unspecified atom stereocenters. The van der Waals surface area contributed by atoms with Gasteiger partial charge in [0.25, 0.3) is 0 Å². The van der Waals surface area contributed by atoms with Gasteiger partial charge in [0.15, 0.2) is 0 Å². The van der Waals surface area contributed by atoms with Crippen molar-refractivity contribution in [2.24, 2.45) is 5.92 Å². The second-order valence-corrected chi connectivity index (χ2v) is 14.7. The van der Waals surface area contributed by atoms with Crippen LogP contribution in [0.25, 0.3) is 32.0 Å². The molecule has 0 aliphatic heterocycles. The number of carbonyl (C=O) groups is 2. The van der Waals surface area contributed by atoms with Crippen LogP contribution < -0.4 is 10.1 Å². The zero-order valence-corrected chi connectivity index (χ0v) is 30.5. The smallest absolute Gasteiger partial charge is 0.410 e. The van der Waals surface area contributed by atoms with E-state index in [1.165, 1.54) is 10.4 Å². The van der Waals surface area contributed by atoms with Crippen LogP contribution >= 0.6 is 22.7 Å². The first-order valence-electron chi connectivity index (χ1n) is 16.8. The fourth-order valence-corrected chi connectivity index (χ4v) is 7.48. The van der Waals surface area contributed by atoms with Crippen LogP contribution in [0.2, 0.25) is 0 Å². The maximum atomic E-state index is 13.7. The largest absolute Gasteiger partial charge is 0.413 e. The molecule has 5 rings (SSSR count). The number of nitrogens with one attached hydrogen (secondary N) is 1. The summed E-state index contributed by atoms with van der Waals surface area (Å²) in [5, 5.41) is 4.77. The second-order valence-electron chi connectivity index (χ2n) is 12.5. The Hall–Kier alpha value is -4.38. The van der Waals surface area contributed by atoms with E-state index in [-0.39, 0.29) is 11.8 Å². The van der Waals surface area contributed by atoms with Crippen molar-refractivity contribution in [1.29, 1.82) is 0 Å². The van der Waals surface area contributed by atoms with Gasteiger partial charge in [-0.25, -0.2) is 14.8 Å². The monoisotopic (exact) mass is 695 g/mol. The lowest BCUT2D eigenvalue weighted by Crippen LogP contribution is -2.51. The quantitative estimate of drug-likeness (QED) is 0.118. The predicted molar refractivity (Wildman–Crippen MR) is 201 cm³/mol. The maximum Gasteiger partial charge on any atom is 0.413 e. The van der Waals surface area contributed by atoms with Crippen LogP contribution in [-0.2, 0) is 17.9 Å². The zero-order valence-electron chi connectivity index (χ0n) is 28.9. The Morgan fingerprint density at radius 3 is 1.76 bits per heavy atom.